The third-order valence-electron chi connectivity index (χ3n) is 0. The molecule has 0 atom stereocenters. The van der Waals surface area contributed by atoms with Gasteiger partial charge < -0.3 is 14.7 Å². The molecule has 0 amide bonds. The van der Waals surface area contributed by atoms with E-state index in [0.29, 0.717) is 0 Å². The molecule has 3 N–H and O–H groups in total. The van der Waals surface area contributed by atoms with Crippen molar-refractivity contribution in [3.05, 3.63) is 0 Å². The Bertz CT molecular complexity index is 57.8. The van der Waals surface area contributed by atoms with Gasteiger partial charge in [0.25, 0.3) is 0 Å². The van der Waals surface area contributed by atoms with Gasteiger partial charge in [0.2, 0.25) is 0 Å². The van der Waals surface area contributed by atoms with E-state index in [-0.39, 0.29) is 54.8 Å². The Morgan fingerprint density at radius 3 is 1.14 bits per heavy atom. The molecule has 51 valence electrons. The van der Waals surface area contributed by atoms with Crippen molar-refractivity contribution in [1.82, 2.24) is 0 Å². The monoisotopic (exact) mass is 201 g/mol. The second kappa shape index (κ2) is 6.02. The first-order chi connectivity index (χ1) is 2.00. The summed E-state index contributed by atoms with van der Waals surface area (Å²) in [6, 6.07) is 0. The van der Waals surface area contributed by atoms with E-state index >= 15 is 0 Å². The maximum absolute atomic E-state index is 8.88. The quantitative estimate of drug-likeness (QED) is 0.350. The van der Waals surface area contributed by atoms with Gasteiger partial charge in [0.1, 0.15) is 0 Å². The van der Waals surface area contributed by atoms with Crippen LogP contribution in [0.5, 0.6) is 0 Å². The zero-order chi connectivity index (χ0) is 4.50. The molecule has 0 aliphatic heterocycles. The van der Waals surface area contributed by atoms with Crippen LogP contribution >= 0.6 is 7.82 Å². The van der Waals surface area contributed by atoms with Gasteiger partial charge in [0.15, 0.2) is 0 Å². The number of hydrogen-bond donors (Lipinski definition) is 3. The Balaban J connectivity index is -0.0000000800. The van der Waals surface area contributed by atoms with Crippen molar-refractivity contribution >= 4 is 7.82 Å². The van der Waals surface area contributed by atoms with Crippen molar-refractivity contribution in [2.24, 2.45) is 0 Å². The standard InChI is InChI=1S/Ar.Cu.H3O4P/c;;1-5(2,3)4/h;;(H3,1,2,3,4). The number of phosphoric acid groups is 1. The SMILES string of the molecule is O=P(O)(O)O.[Ar].[Cu]. The van der Waals surface area contributed by atoms with Crippen LogP contribution in [0.3, 0.4) is 0 Å². The van der Waals surface area contributed by atoms with Gasteiger partial charge in [0, 0.05) is 54.8 Å². The summed E-state index contributed by atoms with van der Waals surface area (Å²) in [4.78, 5) is 21.6. The summed E-state index contributed by atoms with van der Waals surface area (Å²) in [7, 11) is -4.64. The smallest absolute Gasteiger partial charge is 0.303 e. The molecule has 0 aliphatic rings. The molecule has 0 heterocycles. The van der Waals surface area contributed by atoms with Crippen LogP contribution in [-0.4, -0.2) is 14.7 Å². The Hall–Kier alpha value is 1.89. The van der Waals surface area contributed by atoms with Gasteiger partial charge in [-0.05, 0) is 0 Å². The van der Waals surface area contributed by atoms with Crippen LogP contribution < -0.4 is 0 Å². The summed E-state index contributed by atoms with van der Waals surface area (Å²) >= 11 is 0. The predicted octanol–water partition coefficient (Wildman–Crippen LogP) is -0.931. The second-order valence-corrected chi connectivity index (χ2v) is 1.54. The molecule has 0 spiro atoms. The molecule has 0 bridgehead atoms. The molecular formula is H3ArCuO4P. The molecule has 0 unspecified atom stereocenters. The molecular weight excluding hydrogens is 198 g/mol. The third-order valence-corrected chi connectivity index (χ3v) is 0. The minimum atomic E-state index is -4.64. The zero-order valence-corrected chi connectivity index (χ0v) is 5.40. The van der Waals surface area contributed by atoms with Crippen molar-refractivity contribution in [1.29, 1.82) is 0 Å². The third kappa shape index (κ3) is 76.7. The molecule has 0 rings (SSSR count). The van der Waals surface area contributed by atoms with Gasteiger partial charge in [0.05, 0.1) is 0 Å². The first kappa shape index (κ1) is 16.0. The topological polar surface area (TPSA) is 77.8 Å². The minimum absolute atomic E-state index is 0. The van der Waals surface area contributed by atoms with Crippen LogP contribution in [0.25, 0.3) is 0 Å². The first-order valence-electron chi connectivity index (χ1n) is 0.783. The Kier molecular flexibility index (Phi) is 13.7. The van der Waals surface area contributed by atoms with Crippen LogP contribution in [0.15, 0.2) is 0 Å². The molecule has 0 aromatic heterocycles. The summed E-state index contributed by atoms with van der Waals surface area (Å²) in [5.74, 6) is 0. The van der Waals surface area contributed by atoms with Gasteiger partial charge in [-0.2, -0.15) is 0 Å². The molecule has 0 fully saturated rings. The van der Waals surface area contributed by atoms with Gasteiger partial charge in [-0.1, -0.05) is 0 Å². The Morgan fingerprint density at radius 2 is 1.14 bits per heavy atom. The molecule has 0 aromatic rings. The Morgan fingerprint density at radius 1 is 1.14 bits per heavy atom. The van der Waals surface area contributed by atoms with Gasteiger partial charge in [-0.15, -0.1) is 0 Å². The fraction of sp³-hybridized carbons (Fsp3) is 0. The van der Waals surface area contributed by atoms with Gasteiger partial charge in [-0.25, -0.2) is 4.57 Å². The van der Waals surface area contributed by atoms with Crippen LogP contribution in [0.4, 0.5) is 0 Å². The van der Waals surface area contributed by atoms with Crippen molar-refractivity contribution in [2.45, 2.75) is 0 Å². The average Bonchev–Trinajstić information content (AvgIpc) is 0.722. The summed E-state index contributed by atoms with van der Waals surface area (Å²) in [5.41, 5.74) is 0. The second-order valence-electron chi connectivity index (χ2n) is 0.513. The summed E-state index contributed by atoms with van der Waals surface area (Å²) in [6.07, 6.45) is 0. The van der Waals surface area contributed by atoms with E-state index in [4.69, 9.17) is 19.2 Å². The maximum Gasteiger partial charge on any atom is 0.466 e. The summed E-state index contributed by atoms with van der Waals surface area (Å²) in [5, 5.41) is 0. The van der Waals surface area contributed by atoms with Crippen molar-refractivity contribution < 1.29 is 74.1 Å². The van der Waals surface area contributed by atoms with Crippen LogP contribution in [0.1, 0.15) is 0 Å². The average molecular weight is 201 g/mol. The van der Waals surface area contributed by atoms with E-state index < -0.39 is 7.82 Å². The molecule has 0 saturated heterocycles. The van der Waals surface area contributed by atoms with Crippen molar-refractivity contribution in [2.75, 3.05) is 0 Å². The zero-order valence-electron chi connectivity index (χ0n) is 2.85. The molecule has 1 radical (unpaired) electrons. The molecule has 4 nitrogen and oxygen atoms in total. The number of rotatable bonds is 0. The van der Waals surface area contributed by atoms with E-state index in [0.717, 1.165) is 0 Å². The minimum Gasteiger partial charge on any atom is -0.303 e. The summed E-state index contributed by atoms with van der Waals surface area (Å²) < 4.78 is 8.88. The largest absolute Gasteiger partial charge is 0.466 e. The molecule has 7 heavy (non-hydrogen) atoms. The van der Waals surface area contributed by atoms with Crippen molar-refractivity contribution in [3.8, 4) is 0 Å². The molecule has 0 saturated carbocycles. The Labute approximate surface area is 81.0 Å². The van der Waals surface area contributed by atoms with Crippen molar-refractivity contribution in [3.63, 3.8) is 0 Å². The normalized spacial score (nSPS) is 8.43. The maximum atomic E-state index is 8.88. The summed E-state index contributed by atoms with van der Waals surface area (Å²) in [6.45, 7) is 0. The fourth-order valence-corrected chi connectivity index (χ4v) is 0. The van der Waals surface area contributed by atoms with E-state index in [1.54, 1.807) is 0 Å². The van der Waals surface area contributed by atoms with Crippen LogP contribution in [0.2, 0.25) is 0 Å². The van der Waals surface area contributed by atoms with Gasteiger partial charge in [-0.3, -0.25) is 0 Å². The van der Waals surface area contributed by atoms with Crippen LogP contribution in [-0.2, 0) is 21.6 Å². The first-order valence-corrected chi connectivity index (χ1v) is 2.35. The van der Waals surface area contributed by atoms with Crippen LogP contribution in [0, 0.1) is 37.7 Å². The van der Waals surface area contributed by atoms with E-state index in [1.807, 2.05) is 0 Å². The van der Waals surface area contributed by atoms with E-state index in [2.05, 4.69) is 0 Å². The fourth-order valence-electron chi connectivity index (χ4n) is 0. The van der Waals surface area contributed by atoms with Gasteiger partial charge >= 0.3 is 7.82 Å². The molecule has 0 aromatic carbocycles. The van der Waals surface area contributed by atoms with E-state index in [9.17, 15) is 0 Å². The molecule has 0 aliphatic carbocycles. The number of hydrogen-bond acceptors (Lipinski definition) is 1. The van der Waals surface area contributed by atoms with E-state index in [1.165, 1.54) is 0 Å². The predicted molar refractivity (Wildman–Crippen MR) is 14.3 cm³/mol. The molecule has 7 heteroatoms.